The first-order chi connectivity index (χ1) is 7.92. The lowest BCUT2D eigenvalue weighted by atomic mass is 9.84. The fourth-order valence-electron chi connectivity index (χ4n) is 3.14. The summed E-state index contributed by atoms with van der Waals surface area (Å²) in [6.45, 7) is 8.86. The summed E-state index contributed by atoms with van der Waals surface area (Å²) in [5.74, 6) is 0.930. The van der Waals surface area contributed by atoms with Gasteiger partial charge >= 0.3 is 0 Å². The first kappa shape index (κ1) is 15.0. The van der Waals surface area contributed by atoms with Crippen LogP contribution in [0.1, 0.15) is 59.3 Å². The lowest BCUT2D eigenvalue weighted by Gasteiger charge is -2.35. The fraction of sp³-hybridized carbons (Fsp3) is 1.00. The summed E-state index contributed by atoms with van der Waals surface area (Å²) in [7, 11) is 2.24. The fourth-order valence-corrected chi connectivity index (χ4v) is 3.14. The van der Waals surface area contributed by atoms with Gasteiger partial charge in [0.2, 0.25) is 0 Å². The molecule has 2 heteroatoms. The highest BCUT2D eigenvalue weighted by Gasteiger charge is 2.23. The average molecular weight is 240 g/mol. The van der Waals surface area contributed by atoms with Gasteiger partial charge in [-0.05, 0) is 24.8 Å². The Hall–Kier alpha value is -0.0800. The average Bonchev–Trinajstić information content (AvgIpc) is 2.24. The minimum absolute atomic E-state index is 0.370. The molecule has 0 heterocycles. The Balaban J connectivity index is 2.40. The number of rotatable bonds is 5. The molecule has 0 amide bonds. The smallest absolute Gasteiger partial charge is 0.0218 e. The van der Waals surface area contributed by atoms with E-state index in [0.717, 1.165) is 19.0 Å². The Morgan fingerprint density at radius 2 is 1.76 bits per heavy atom. The van der Waals surface area contributed by atoms with Gasteiger partial charge in [-0.1, -0.05) is 52.9 Å². The number of hydrogen-bond donors (Lipinski definition) is 1. The minimum Gasteiger partial charge on any atom is -0.329 e. The van der Waals surface area contributed by atoms with E-state index in [1.54, 1.807) is 0 Å². The first-order valence-corrected chi connectivity index (χ1v) is 7.32. The van der Waals surface area contributed by atoms with Crippen LogP contribution in [0.3, 0.4) is 0 Å². The monoisotopic (exact) mass is 240 g/mol. The maximum atomic E-state index is 5.97. The van der Waals surface area contributed by atoms with E-state index in [9.17, 15) is 0 Å². The van der Waals surface area contributed by atoms with Crippen LogP contribution in [0.5, 0.6) is 0 Å². The minimum atomic E-state index is 0.370. The van der Waals surface area contributed by atoms with Gasteiger partial charge in [-0.25, -0.2) is 0 Å². The molecular formula is C15H32N2. The van der Waals surface area contributed by atoms with E-state index in [1.807, 2.05) is 0 Å². The Bertz CT molecular complexity index is 201. The van der Waals surface area contributed by atoms with Crippen molar-refractivity contribution >= 4 is 0 Å². The van der Waals surface area contributed by atoms with E-state index in [-0.39, 0.29) is 0 Å². The molecule has 1 fully saturated rings. The largest absolute Gasteiger partial charge is 0.329 e. The van der Waals surface area contributed by atoms with Crippen LogP contribution in [0.4, 0.5) is 0 Å². The molecule has 1 atom stereocenters. The second-order valence-corrected chi connectivity index (χ2v) is 7.11. The topological polar surface area (TPSA) is 29.3 Å². The van der Waals surface area contributed by atoms with Crippen molar-refractivity contribution in [1.29, 1.82) is 0 Å². The third-order valence-electron chi connectivity index (χ3n) is 3.95. The maximum absolute atomic E-state index is 5.97. The standard InChI is InChI=1S/C15H32N2/c1-15(2,3)12-17(4)14(11-16)10-13-8-6-5-7-9-13/h13-14H,5-12,16H2,1-4H3. The summed E-state index contributed by atoms with van der Waals surface area (Å²) in [5.41, 5.74) is 6.34. The van der Waals surface area contributed by atoms with Gasteiger partial charge < -0.3 is 10.6 Å². The molecule has 1 aliphatic rings. The molecule has 2 N–H and O–H groups in total. The SMILES string of the molecule is CN(CC(C)(C)C)C(CN)CC1CCCCC1. The van der Waals surface area contributed by atoms with Crippen molar-refractivity contribution in [2.75, 3.05) is 20.1 Å². The van der Waals surface area contributed by atoms with E-state index in [2.05, 4.69) is 32.7 Å². The van der Waals surface area contributed by atoms with Crippen LogP contribution in [-0.4, -0.2) is 31.1 Å². The van der Waals surface area contributed by atoms with Gasteiger partial charge in [0.1, 0.15) is 0 Å². The third-order valence-corrected chi connectivity index (χ3v) is 3.95. The highest BCUT2D eigenvalue weighted by molar-refractivity contribution is 4.79. The van der Waals surface area contributed by atoms with E-state index in [0.29, 0.717) is 11.5 Å². The molecule has 0 aromatic rings. The number of nitrogens with two attached hydrogens (primary N) is 1. The summed E-state index contributed by atoms with van der Waals surface area (Å²) >= 11 is 0. The molecule has 0 bridgehead atoms. The molecular weight excluding hydrogens is 208 g/mol. The van der Waals surface area contributed by atoms with Gasteiger partial charge in [0.15, 0.2) is 0 Å². The summed E-state index contributed by atoms with van der Waals surface area (Å²) in [6, 6.07) is 0.581. The molecule has 1 unspecified atom stereocenters. The van der Waals surface area contributed by atoms with Crippen molar-refractivity contribution in [3.8, 4) is 0 Å². The zero-order valence-electron chi connectivity index (χ0n) is 12.3. The Kier molecular flexibility index (Phi) is 5.94. The highest BCUT2D eigenvalue weighted by Crippen LogP contribution is 2.28. The Morgan fingerprint density at radius 1 is 1.18 bits per heavy atom. The van der Waals surface area contributed by atoms with E-state index < -0.39 is 0 Å². The van der Waals surface area contributed by atoms with E-state index in [4.69, 9.17) is 5.73 Å². The predicted molar refractivity (Wildman–Crippen MR) is 76.1 cm³/mol. The molecule has 0 aromatic heterocycles. The summed E-state index contributed by atoms with van der Waals surface area (Å²) in [6.07, 6.45) is 8.49. The molecule has 0 aromatic carbocycles. The first-order valence-electron chi connectivity index (χ1n) is 7.32. The Labute approximate surface area is 108 Å². The van der Waals surface area contributed by atoms with Crippen LogP contribution in [0.2, 0.25) is 0 Å². The highest BCUT2D eigenvalue weighted by atomic mass is 15.1. The quantitative estimate of drug-likeness (QED) is 0.799. The third kappa shape index (κ3) is 5.87. The van der Waals surface area contributed by atoms with Gasteiger partial charge in [-0.15, -0.1) is 0 Å². The van der Waals surface area contributed by atoms with Crippen molar-refractivity contribution < 1.29 is 0 Å². The molecule has 0 radical (unpaired) electrons. The van der Waals surface area contributed by atoms with Crippen LogP contribution in [-0.2, 0) is 0 Å². The molecule has 2 nitrogen and oxygen atoms in total. The summed E-state index contributed by atoms with van der Waals surface area (Å²) < 4.78 is 0. The van der Waals surface area contributed by atoms with Gasteiger partial charge in [0.05, 0.1) is 0 Å². The molecule has 102 valence electrons. The maximum Gasteiger partial charge on any atom is 0.0218 e. The molecule has 0 saturated heterocycles. The molecule has 17 heavy (non-hydrogen) atoms. The van der Waals surface area contributed by atoms with E-state index in [1.165, 1.54) is 38.5 Å². The van der Waals surface area contributed by atoms with Crippen LogP contribution in [0.15, 0.2) is 0 Å². The molecule has 0 spiro atoms. The predicted octanol–water partition coefficient (Wildman–Crippen LogP) is 3.26. The second-order valence-electron chi connectivity index (χ2n) is 7.11. The van der Waals surface area contributed by atoms with Crippen molar-refractivity contribution in [3.63, 3.8) is 0 Å². The van der Waals surface area contributed by atoms with Crippen molar-refractivity contribution in [3.05, 3.63) is 0 Å². The Morgan fingerprint density at radius 3 is 2.24 bits per heavy atom. The van der Waals surface area contributed by atoms with Crippen LogP contribution in [0, 0.1) is 11.3 Å². The summed E-state index contributed by atoms with van der Waals surface area (Å²) in [5, 5.41) is 0. The van der Waals surface area contributed by atoms with Gasteiger partial charge in [-0.3, -0.25) is 0 Å². The van der Waals surface area contributed by atoms with Gasteiger partial charge in [0, 0.05) is 19.1 Å². The van der Waals surface area contributed by atoms with Crippen molar-refractivity contribution in [2.24, 2.45) is 17.1 Å². The normalized spacial score (nSPS) is 20.8. The molecule has 0 aliphatic heterocycles. The molecule has 1 aliphatic carbocycles. The van der Waals surface area contributed by atoms with Crippen LogP contribution < -0.4 is 5.73 Å². The second kappa shape index (κ2) is 6.75. The summed E-state index contributed by atoms with van der Waals surface area (Å²) in [4.78, 5) is 2.48. The number of likely N-dealkylation sites (N-methyl/N-ethyl adjacent to an activating group) is 1. The molecule has 1 saturated carbocycles. The van der Waals surface area contributed by atoms with E-state index >= 15 is 0 Å². The number of nitrogens with zero attached hydrogens (tertiary/aromatic N) is 1. The van der Waals surface area contributed by atoms with Gasteiger partial charge in [0.25, 0.3) is 0 Å². The molecule has 1 rings (SSSR count). The number of hydrogen-bond acceptors (Lipinski definition) is 2. The van der Waals surface area contributed by atoms with Crippen molar-refractivity contribution in [1.82, 2.24) is 4.90 Å². The zero-order valence-corrected chi connectivity index (χ0v) is 12.3. The zero-order chi connectivity index (χ0) is 12.9. The van der Waals surface area contributed by atoms with Gasteiger partial charge in [-0.2, -0.15) is 0 Å². The van der Waals surface area contributed by atoms with Crippen LogP contribution >= 0.6 is 0 Å². The van der Waals surface area contributed by atoms with Crippen molar-refractivity contribution in [2.45, 2.75) is 65.3 Å². The lowest BCUT2D eigenvalue weighted by Crippen LogP contribution is -2.43. The lowest BCUT2D eigenvalue weighted by molar-refractivity contribution is 0.145. The van der Waals surface area contributed by atoms with Crippen LogP contribution in [0.25, 0.3) is 0 Å².